The van der Waals surface area contributed by atoms with Crippen LogP contribution in [0.15, 0.2) is 76.9 Å². The minimum Gasteiger partial charge on any atom is -0.497 e. The van der Waals surface area contributed by atoms with Gasteiger partial charge in [-0.05, 0) is 49.4 Å². The number of non-ortho nitro benzene ring substituents is 1. The fourth-order valence-corrected chi connectivity index (χ4v) is 3.82. The molecular weight excluding hydrogens is 422 g/mol. The molecule has 0 unspecified atom stereocenters. The van der Waals surface area contributed by atoms with E-state index in [0.717, 1.165) is 6.07 Å². The third kappa shape index (κ3) is 5.34. The summed E-state index contributed by atoms with van der Waals surface area (Å²) >= 11 is 0. The summed E-state index contributed by atoms with van der Waals surface area (Å²) in [7, 11) is -2.68. The van der Waals surface area contributed by atoms with Crippen LogP contribution in [0.2, 0.25) is 0 Å². The van der Waals surface area contributed by atoms with Crippen molar-refractivity contribution in [3.63, 3.8) is 0 Å². The number of aromatic nitrogens is 1. The van der Waals surface area contributed by atoms with Crippen molar-refractivity contribution >= 4 is 32.8 Å². The summed E-state index contributed by atoms with van der Waals surface area (Å²) in [6.45, 7) is 1.70. The van der Waals surface area contributed by atoms with E-state index in [1.807, 2.05) is 0 Å². The van der Waals surface area contributed by atoms with E-state index >= 15 is 0 Å². The van der Waals surface area contributed by atoms with Crippen molar-refractivity contribution < 1.29 is 18.1 Å². The third-order valence-corrected chi connectivity index (χ3v) is 5.61. The minimum atomic E-state index is -4.17. The number of nitro benzene ring substituents is 1. The number of benzene rings is 2. The maximum Gasteiger partial charge on any atom is 0.270 e. The normalized spacial score (nSPS) is 11.6. The molecule has 2 N–H and O–H groups in total. The van der Waals surface area contributed by atoms with Crippen LogP contribution >= 0.6 is 0 Å². The summed E-state index contributed by atoms with van der Waals surface area (Å²) in [6, 6.07) is 15.0. The van der Waals surface area contributed by atoms with E-state index in [1.165, 1.54) is 31.4 Å². The molecule has 0 amide bonds. The number of sulfonamides is 1. The number of anilines is 2. The molecule has 0 aliphatic heterocycles. The summed E-state index contributed by atoms with van der Waals surface area (Å²) in [6.07, 6.45) is 1.61. The molecule has 0 spiro atoms. The van der Waals surface area contributed by atoms with Gasteiger partial charge in [-0.1, -0.05) is 6.07 Å². The average Bonchev–Trinajstić information content (AvgIpc) is 2.78. The van der Waals surface area contributed by atoms with Crippen LogP contribution in [0.5, 0.6) is 5.75 Å². The second-order valence-corrected chi connectivity index (χ2v) is 7.95. The fourth-order valence-electron chi connectivity index (χ4n) is 2.59. The Kier molecular flexibility index (Phi) is 6.46. The number of methoxy groups -OCH3 is 1. The second kappa shape index (κ2) is 9.22. The number of hydrogen-bond acceptors (Lipinski definition) is 8. The molecule has 3 aromatic rings. The molecule has 0 atom stereocenters. The van der Waals surface area contributed by atoms with Gasteiger partial charge < -0.3 is 4.74 Å². The quantitative estimate of drug-likeness (QED) is 0.309. The summed E-state index contributed by atoms with van der Waals surface area (Å²) in [4.78, 5) is 14.4. The lowest BCUT2D eigenvalue weighted by molar-refractivity contribution is -0.385. The van der Waals surface area contributed by atoms with Gasteiger partial charge in [-0.25, -0.2) is 8.42 Å². The summed E-state index contributed by atoms with van der Waals surface area (Å²) in [5.74, 6) is 0.556. The maximum atomic E-state index is 13.0. The zero-order chi connectivity index (χ0) is 22.4. The van der Waals surface area contributed by atoms with Crippen molar-refractivity contribution in [1.29, 1.82) is 0 Å². The number of pyridine rings is 1. The van der Waals surface area contributed by atoms with Crippen molar-refractivity contribution in [3.05, 3.63) is 82.7 Å². The Morgan fingerprint density at radius 3 is 2.48 bits per heavy atom. The number of rotatable bonds is 8. The van der Waals surface area contributed by atoms with Crippen molar-refractivity contribution in [2.24, 2.45) is 5.10 Å². The highest BCUT2D eigenvalue weighted by Gasteiger charge is 2.23. The van der Waals surface area contributed by atoms with Crippen molar-refractivity contribution in [2.45, 2.75) is 11.8 Å². The molecule has 1 heterocycles. The lowest BCUT2D eigenvalue weighted by Gasteiger charge is -2.13. The molecule has 0 fully saturated rings. The van der Waals surface area contributed by atoms with Gasteiger partial charge in [0.1, 0.15) is 10.6 Å². The summed E-state index contributed by atoms with van der Waals surface area (Å²) in [5.41, 5.74) is 3.75. The van der Waals surface area contributed by atoms with E-state index in [1.54, 1.807) is 43.5 Å². The lowest BCUT2D eigenvalue weighted by Crippen LogP contribution is -2.15. The number of ether oxygens (including phenoxy) is 1. The molecule has 0 aliphatic carbocycles. The number of nitrogens with one attached hydrogen (secondary N) is 2. The molecule has 31 heavy (non-hydrogen) atoms. The van der Waals surface area contributed by atoms with E-state index in [2.05, 4.69) is 20.2 Å². The van der Waals surface area contributed by atoms with Crippen molar-refractivity contribution in [1.82, 2.24) is 4.98 Å². The fraction of sp³-hybridized carbons (Fsp3) is 0.100. The first-order valence-corrected chi connectivity index (χ1v) is 10.5. The zero-order valence-corrected chi connectivity index (χ0v) is 17.5. The van der Waals surface area contributed by atoms with Gasteiger partial charge in [0, 0.05) is 24.0 Å². The van der Waals surface area contributed by atoms with Crippen LogP contribution in [0, 0.1) is 10.1 Å². The van der Waals surface area contributed by atoms with Gasteiger partial charge in [-0.15, -0.1) is 0 Å². The van der Waals surface area contributed by atoms with Crippen LogP contribution < -0.4 is 14.9 Å². The average molecular weight is 441 g/mol. The van der Waals surface area contributed by atoms with Crippen LogP contribution in [0.3, 0.4) is 0 Å². The van der Waals surface area contributed by atoms with Gasteiger partial charge in [0.05, 0.1) is 29.1 Å². The first kappa shape index (κ1) is 21.7. The van der Waals surface area contributed by atoms with Gasteiger partial charge in [-0.3, -0.25) is 25.2 Å². The molecule has 2 aromatic carbocycles. The molecule has 1 aromatic heterocycles. The van der Waals surface area contributed by atoms with Crippen molar-refractivity contribution in [2.75, 3.05) is 17.3 Å². The molecule has 0 aliphatic rings. The Balaban J connectivity index is 1.96. The molecule has 160 valence electrons. The highest BCUT2D eigenvalue weighted by Crippen LogP contribution is 2.29. The smallest absolute Gasteiger partial charge is 0.270 e. The van der Waals surface area contributed by atoms with Crippen LogP contribution in [-0.2, 0) is 10.0 Å². The second-order valence-electron chi connectivity index (χ2n) is 6.30. The van der Waals surface area contributed by atoms with E-state index in [-0.39, 0.29) is 22.0 Å². The Morgan fingerprint density at radius 1 is 1.13 bits per heavy atom. The van der Waals surface area contributed by atoms with Gasteiger partial charge in [0.2, 0.25) is 0 Å². The largest absolute Gasteiger partial charge is 0.497 e. The van der Waals surface area contributed by atoms with Gasteiger partial charge in [0.25, 0.3) is 15.7 Å². The predicted octanol–water partition coefficient (Wildman–Crippen LogP) is 3.64. The lowest BCUT2D eigenvalue weighted by atomic mass is 10.2. The highest BCUT2D eigenvalue weighted by molar-refractivity contribution is 7.92. The predicted molar refractivity (Wildman–Crippen MR) is 117 cm³/mol. The molecule has 3 rings (SSSR count). The zero-order valence-electron chi connectivity index (χ0n) is 16.6. The Hall–Kier alpha value is -3.99. The maximum absolute atomic E-state index is 13.0. The molecular formula is C20H19N5O5S. The van der Waals surface area contributed by atoms with Crippen LogP contribution in [-0.4, -0.2) is 31.1 Å². The molecule has 11 heteroatoms. The first-order valence-electron chi connectivity index (χ1n) is 8.97. The number of nitro groups is 1. The molecule has 0 bridgehead atoms. The number of hydrazone groups is 1. The first-order chi connectivity index (χ1) is 14.8. The Morgan fingerprint density at radius 2 is 1.87 bits per heavy atom. The Bertz CT molecular complexity index is 1210. The van der Waals surface area contributed by atoms with Crippen LogP contribution in [0.1, 0.15) is 12.6 Å². The van der Waals surface area contributed by atoms with E-state index in [9.17, 15) is 18.5 Å². The molecule has 0 saturated carbocycles. The number of hydrogen-bond donors (Lipinski definition) is 2. The van der Waals surface area contributed by atoms with Gasteiger partial charge >= 0.3 is 0 Å². The van der Waals surface area contributed by atoms with Crippen LogP contribution in [0.4, 0.5) is 17.1 Å². The van der Waals surface area contributed by atoms with Crippen LogP contribution in [0.25, 0.3) is 0 Å². The highest BCUT2D eigenvalue weighted by atomic mass is 32.2. The molecule has 10 nitrogen and oxygen atoms in total. The van der Waals surface area contributed by atoms with Crippen molar-refractivity contribution in [3.8, 4) is 5.75 Å². The van der Waals surface area contributed by atoms with E-state index < -0.39 is 14.9 Å². The standard InChI is InChI=1S/C20H19N5O5S/c1-14(18-5-3-4-12-21-18)22-23-19-11-8-16(25(26)27)13-20(19)31(28,29)24-15-6-9-17(30-2)10-7-15/h3-13,23-24H,1-2H3/b22-14+. The monoisotopic (exact) mass is 441 g/mol. The summed E-state index contributed by atoms with van der Waals surface area (Å²) in [5, 5.41) is 15.4. The molecule has 0 radical (unpaired) electrons. The Labute approximate surface area is 178 Å². The summed E-state index contributed by atoms with van der Waals surface area (Å²) < 4.78 is 33.5. The van der Waals surface area contributed by atoms with E-state index in [4.69, 9.17) is 4.74 Å². The minimum absolute atomic E-state index is 0.0712. The third-order valence-electron chi connectivity index (χ3n) is 4.19. The SMILES string of the molecule is COc1ccc(NS(=O)(=O)c2cc([N+](=O)[O-])ccc2N/N=C(\C)c2ccccn2)cc1. The van der Waals surface area contributed by atoms with E-state index in [0.29, 0.717) is 17.2 Å². The molecule has 0 saturated heterocycles. The number of nitrogens with zero attached hydrogens (tertiary/aromatic N) is 3. The topological polar surface area (TPSA) is 136 Å². The van der Waals surface area contributed by atoms with Gasteiger partial charge in [0.15, 0.2) is 0 Å². The van der Waals surface area contributed by atoms with Gasteiger partial charge in [-0.2, -0.15) is 5.10 Å².